The second kappa shape index (κ2) is 7.14. The summed E-state index contributed by atoms with van der Waals surface area (Å²) in [7, 11) is 0. The first kappa shape index (κ1) is 13.9. The fourth-order valence-electron chi connectivity index (χ4n) is 2.38. The van der Waals surface area contributed by atoms with Gasteiger partial charge in [-0.05, 0) is 37.5 Å². The summed E-state index contributed by atoms with van der Waals surface area (Å²) in [5.74, 6) is 0.0145. The smallest absolute Gasteiger partial charge is 0.224 e. The molecule has 0 heterocycles. The zero-order chi connectivity index (χ0) is 13.5. The average Bonchev–Trinajstić information content (AvgIpc) is 2.88. The number of rotatable bonds is 6. The Hall–Kier alpha value is -1.55. The van der Waals surface area contributed by atoms with Crippen LogP contribution in [0.2, 0.25) is 0 Å². The molecule has 4 heteroatoms. The minimum atomic E-state index is 0.0145. The molecule has 3 N–H and O–H groups in total. The number of nitrogens with one attached hydrogen (secondary N) is 1. The second-order valence-electron chi connectivity index (χ2n) is 5.05. The number of anilines is 2. The van der Waals surface area contributed by atoms with Crippen molar-refractivity contribution in [1.29, 1.82) is 0 Å². The van der Waals surface area contributed by atoms with Gasteiger partial charge in [0.15, 0.2) is 0 Å². The van der Waals surface area contributed by atoms with E-state index >= 15 is 0 Å². The minimum absolute atomic E-state index is 0.0145. The first-order chi connectivity index (χ1) is 9.24. The Morgan fingerprint density at radius 3 is 2.89 bits per heavy atom. The van der Waals surface area contributed by atoms with E-state index in [1.807, 2.05) is 12.1 Å². The highest BCUT2D eigenvalue weighted by Gasteiger charge is 2.14. The van der Waals surface area contributed by atoms with E-state index < -0.39 is 0 Å². The molecule has 1 saturated carbocycles. The van der Waals surface area contributed by atoms with Gasteiger partial charge < -0.3 is 15.8 Å². The molecule has 1 aliphatic rings. The fourth-order valence-corrected chi connectivity index (χ4v) is 2.38. The third-order valence-corrected chi connectivity index (χ3v) is 3.37. The second-order valence-corrected chi connectivity index (χ2v) is 5.05. The zero-order valence-electron chi connectivity index (χ0n) is 11.2. The molecule has 0 saturated heterocycles. The van der Waals surface area contributed by atoms with Gasteiger partial charge in [-0.3, -0.25) is 4.79 Å². The maximum absolute atomic E-state index is 11.7. The number of hydrogen-bond donors (Lipinski definition) is 2. The van der Waals surface area contributed by atoms with Gasteiger partial charge in [-0.2, -0.15) is 0 Å². The first-order valence-corrected chi connectivity index (χ1v) is 7.01. The van der Waals surface area contributed by atoms with Gasteiger partial charge in [0, 0.05) is 24.4 Å². The molecule has 0 spiro atoms. The van der Waals surface area contributed by atoms with Gasteiger partial charge in [-0.25, -0.2) is 0 Å². The molecule has 0 atom stereocenters. The van der Waals surface area contributed by atoms with E-state index in [0.29, 0.717) is 24.8 Å². The van der Waals surface area contributed by atoms with Crippen LogP contribution in [0, 0.1) is 0 Å². The van der Waals surface area contributed by atoms with Crippen LogP contribution in [0.3, 0.4) is 0 Å². The fraction of sp³-hybridized carbons (Fsp3) is 0.533. The minimum Gasteiger partial charge on any atom is -0.399 e. The number of amides is 1. The van der Waals surface area contributed by atoms with Gasteiger partial charge in [0.05, 0.1) is 6.10 Å². The maximum Gasteiger partial charge on any atom is 0.224 e. The summed E-state index contributed by atoms with van der Waals surface area (Å²) in [6, 6.07) is 7.22. The van der Waals surface area contributed by atoms with Crippen LogP contribution in [-0.4, -0.2) is 18.6 Å². The van der Waals surface area contributed by atoms with Crippen molar-refractivity contribution in [2.45, 2.75) is 44.6 Å². The molecule has 1 aliphatic carbocycles. The van der Waals surface area contributed by atoms with Crippen molar-refractivity contribution in [2.24, 2.45) is 0 Å². The molecule has 0 unspecified atom stereocenters. The maximum atomic E-state index is 11.7. The molecule has 2 rings (SSSR count). The highest BCUT2D eigenvalue weighted by molar-refractivity contribution is 5.91. The number of benzene rings is 1. The van der Waals surface area contributed by atoms with E-state index in [1.165, 1.54) is 25.7 Å². The van der Waals surface area contributed by atoms with E-state index in [1.54, 1.807) is 12.1 Å². The lowest BCUT2D eigenvalue weighted by molar-refractivity contribution is -0.116. The third kappa shape index (κ3) is 4.91. The number of nitrogen functional groups attached to an aromatic ring is 1. The largest absolute Gasteiger partial charge is 0.399 e. The zero-order valence-corrected chi connectivity index (χ0v) is 11.2. The lowest BCUT2D eigenvalue weighted by atomic mass is 10.2. The Labute approximate surface area is 114 Å². The van der Waals surface area contributed by atoms with E-state index in [2.05, 4.69) is 5.32 Å². The molecule has 0 radical (unpaired) electrons. The van der Waals surface area contributed by atoms with E-state index in [-0.39, 0.29) is 5.91 Å². The molecule has 19 heavy (non-hydrogen) atoms. The number of carbonyl (C=O) groups excluding carboxylic acids is 1. The molecule has 1 amide bonds. The summed E-state index contributed by atoms with van der Waals surface area (Å²) in [4.78, 5) is 11.7. The third-order valence-electron chi connectivity index (χ3n) is 3.37. The van der Waals surface area contributed by atoms with Crippen molar-refractivity contribution in [1.82, 2.24) is 0 Å². The monoisotopic (exact) mass is 262 g/mol. The topological polar surface area (TPSA) is 64.3 Å². The van der Waals surface area contributed by atoms with Crippen molar-refractivity contribution in [3.8, 4) is 0 Å². The SMILES string of the molecule is Nc1cccc(NC(=O)CCCOC2CCCC2)c1. The predicted octanol–water partition coefficient (Wildman–Crippen LogP) is 2.95. The van der Waals surface area contributed by atoms with Crippen LogP contribution >= 0.6 is 0 Å². The molecule has 0 bridgehead atoms. The summed E-state index contributed by atoms with van der Waals surface area (Å²) < 4.78 is 5.72. The van der Waals surface area contributed by atoms with Crippen LogP contribution in [0.15, 0.2) is 24.3 Å². The van der Waals surface area contributed by atoms with Gasteiger partial charge in [0.25, 0.3) is 0 Å². The molecular formula is C15H22N2O2. The molecule has 1 aromatic carbocycles. The molecule has 1 aromatic rings. The number of carbonyl (C=O) groups is 1. The van der Waals surface area contributed by atoms with Crippen molar-refractivity contribution < 1.29 is 9.53 Å². The van der Waals surface area contributed by atoms with Crippen LogP contribution in [-0.2, 0) is 9.53 Å². The Morgan fingerprint density at radius 1 is 1.37 bits per heavy atom. The van der Waals surface area contributed by atoms with Gasteiger partial charge in [-0.1, -0.05) is 18.9 Å². The Morgan fingerprint density at radius 2 is 2.16 bits per heavy atom. The molecular weight excluding hydrogens is 240 g/mol. The normalized spacial score (nSPS) is 15.6. The van der Waals surface area contributed by atoms with Crippen molar-refractivity contribution >= 4 is 17.3 Å². The summed E-state index contributed by atoms with van der Waals surface area (Å²) in [6.45, 7) is 0.676. The van der Waals surface area contributed by atoms with Gasteiger partial charge in [-0.15, -0.1) is 0 Å². The first-order valence-electron chi connectivity index (χ1n) is 7.01. The van der Waals surface area contributed by atoms with Crippen LogP contribution in [0.5, 0.6) is 0 Å². The van der Waals surface area contributed by atoms with Crippen molar-refractivity contribution in [2.75, 3.05) is 17.7 Å². The van der Waals surface area contributed by atoms with E-state index in [0.717, 1.165) is 12.1 Å². The highest BCUT2D eigenvalue weighted by atomic mass is 16.5. The van der Waals surface area contributed by atoms with Gasteiger partial charge in [0.1, 0.15) is 0 Å². The Kier molecular flexibility index (Phi) is 5.21. The van der Waals surface area contributed by atoms with Crippen LogP contribution < -0.4 is 11.1 Å². The highest BCUT2D eigenvalue weighted by Crippen LogP contribution is 2.21. The van der Waals surface area contributed by atoms with Crippen molar-refractivity contribution in [3.63, 3.8) is 0 Å². The number of hydrogen-bond acceptors (Lipinski definition) is 3. The standard InChI is InChI=1S/C15H22N2O2/c16-12-5-3-6-13(11-12)17-15(18)9-4-10-19-14-7-1-2-8-14/h3,5-6,11,14H,1-2,4,7-10,16H2,(H,17,18). The predicted molar refractivity (Wildman–Crippen MR) is 76.9 cm³/mol. The Balaban J connectivity index is 1.61. The summed E-state index contributed by atoms with van der Waals surface area (Å²) in [5.41, 5.74) is 7.06. The quantitative estimate of drug-likeness (QED) is 0.612. The molecule has 4 nitrogen and oxygen atoms in total. The van der Waals surface area contributed by atoms with Crippen molar-refractivity contribution in [3.05, 3.63) is 24.3 Å². The molecule has 1 fully saturated rings. The lowest BCUT2D eigenvalue weighted by Gasteiger charge is -2.10. The van der Waals surface area contributed by atoms with Crippen LogP contribution in [0.1, 0.15) is 38.5 Å². The Bertz CT molecular complexity index is 414. The average molecular weight is 262 g/mol. The van der Waals surface area contributed by atoms with Gasteiger partial charge >= 0.3 is 0 Å². The molecule has 0 aromatic heterocycles. The molecule has 104 valence electrons. The number of ether oxygens (including phenoxy) is 1. The van der Waals surface area contributed by atoms with E-state index in [4.69, 9.17) is 10.5 Å². The summed E-state index contributed by atoms with van der Waals surface area (Å²) in [6.07, 6.45) is 6.59. The van der Waals surface area contributed by atoms with Crippen LogP contribution in [0.25, 0.3) is 0 Å². The van der Waals surface area contributed by atoms with Gasteiger partial charge in [0.2, 0.25) is 5.91 Å². The summed E-state index contributed by atoms with van der Waals surface area (Å²) in [5, 5.41) is 2.84. The summed E-state index contributed by atoms with van der Waals surface area (Å²) >= 11 is 0. The van der Waals surface area contributed by atoms with Crippen LogP contribution in [0.4, 0.5) is 11.4 Å². The number of nitrogens with two attached hydrogens (primary N) is 1. The van der Waals surface area contributed by atoms with E-state index in [9.17, 15) is 4.79 Å². The molecule has 0 aliphatic heterocycles. The lowest BCUT2D eigenvalue weighted by Crippen LogP contribution is -2.14.